The maximum Gasteiger partial charge on any atom is 0.264 e. The Labute approximate surface area is 231 Å². The molecule has 5 rings (SSSR count). The van der Waals surface area contributed by atoms with E-state index in [-0.39, 0.29) is 28.7 Å². The Morgan fingerprint density at radius 3 is 2.59 bits per heavy atom. The summed E-state index contributed by atoms with van der Waals surface area (Å²) in [7, 11) is -2.16. The quantitative estimate of drug-likeness (QED) is 0.397. The SMILES string of the molecule is CNCc1cc(-c2ccc(OCC3CCOCC3)cc2F)n(S(=O)(=O)C2=CC=CC(OCC3CCCC3)C2)c1. The highest BCUT2D eigenvalue weighted by atomic mass is 32.2. The number of rotatable bonds is 11. The van der Waals surface area contributed by atoms with Crippen LogP contribution in [0, 0.1) is 17.7 Å². The number of nitrogens with one attached hydrogen (secondary N) is 1. The maximum absolute atomic E-state index is 15.4. The summed E-state index contributed by atoms with van der Waals surface area (Å²) in [5, 5.41) is 3.05. The Morgan fingerprint density at radius 2 is 1.85 bits per heavy atom. The first kappa shape index (κ1) is 28.1. The molecule has 39 heavy (non-hydrogen) atoms. The zero-order valence-corrected chi connectivity index (χ0v) is 23.4. The largest absolute Gasteiger partial charge is 0.493 e. The van der Waals surface area contributed by atoms with Gasteiger partial charge in [-0.2, -0.15) is 0 Å². The van der Waals surface area contributed by atoms with E-state index in [9.17, 15) is 8.42 Å². The van der Waals surface area contributed by atoms with Crippen molar-refractivity contribution >= 4 is 10.0 Å². The molecular formula is C30H39FN2O5S. The normalized spacial score (nSPS) is 20.9. The number of aromatic nitrogens is 1. The minimum Gasteiger partial charge on any atom is -0.493 e. The fourth-order valence-electron chi connectivity index (χ4n) is 5.60. The third-order valence-electron chi connectivity index (χ3n) is 7.89. The van der Waals surface area contributed by atoms with Crippen LogP contribution < -0.4 is 10.1 Å². The zero-order chi connectivity index (χ0) is 27.2. The standard InChI is InChI=1S/C30H39FN2O5S/c1-32-18-24-15-30(28-10-9-26(17-29(28)31)38-21-23-11-13-36-14-12-23)33(19-24)39(34,35)27-8-4-7-25(16-27)37-20-22-5-2-3-6-22/h4,7-10,15,17,19,22-23,25,32H,2-3,5-6,11-14,16,18,20-21H2,1H3. The van der Waals surface area contributed by atoms with Gasteiger partial charge in [-0.25, -0.2) is 16.8 Å². The van der Waals surface area contributed by atoms with Gasteiger partial charge in [0.05, 0.1) is 29.9 Å². The van der Waals surface area contributed by atoms with Crippen LogP contribution >= 0.6 is 0 Å². The zero-order valence-electron chi connectivity index (χ0n) is 22.6. The van der Waals surface area contributed by atoms with Crippen molar-refractivity contribution < 1.29 is 27.0 Å². The van der Waals surface area contributed by atoms with Crippen molar-refractivity contribution in [3.05, 3.63) is 65.0 Å². The lowest BCUT2D eigenvalue weighted by molar-refractivity contribution is 0.0497. The van der Waals surface area contributed by atoms with Crippen molar-refractivity contribution in [1.29, 1.82) is 0 Å². The van der Waals surface area contributed by atoms with E-state index in [1.54, 1.807) is 43.6 Å². The molecule has 0 radical (unpaired) electrons. The molecule has 1 saturated heterocycles. The van der Waals surface area contributed by atoms with Crippen molar-refractivity contribution in [1.82, 2.24) is 9.29 Å². The van der Waals surface area contributed by atoms with Gasteiger partial charge in [0.25, 0.3) is 10.0 Å². The van der Waals surface area contributed by atoms with Gasteiger partial charge in [0.1, 0.15) is 11.6 Å². The summed E-state index contributed by atoms with van der Waals surface area (Å²) >= 11 is 0. The Balaban J connectivity index is 1.35. The first-order chi connectivity index (χ1) is 18.9. The first-order valence-corrected chi connectivity index (χ1v) is 15.5. The molecule has 1 N–H and O–H groups in total. The van der Waals surface area contributed by atoms with Crippen molar-refractivity contribution in [2.24, 2.45) is 11.8 Å². The monoisotopic (exact) mass is 558 g/mol. The van der Waals surface area contributed by atoms with Gasteiger partial charge in [0.15, 0.2) is 0 Å². The van der Waals surface area contributed by atoms with Crippen molar-refractivity contribution in [3.8, 4) is 17.0 Å². The van der Waals surface area contributed by atoms with Gasteiger partial charge in [-0.05, 0) is 74.4 Å². The highest BCUT2D eigenvalue weighted by Crippen LogP contribution is 2.33. The number of nitrogens with zero attached hydrogens (tertiary/aromatic N) is 1. The van der Waals surface area contributed by atoms with Crippen LogP contribution in [-0.4, -0.2) is 52.0 Å². The summed E-state index contributed by atoms with van der Waals surface area (Å²) in [6.45, 7) is 3.06. The van der Waals surface area contributed by atoms with Gasteiger partial charge in [0.2, 0.25) is 0 Å². The summed E-state index contributed by atoms with van der Waals surface area (Å²) in [5.74, 6) is 0.842. The van der Waals surface area contributed by atoms with E-state index in [0.717, 1.165) is 31.6 Å². The Bertz CT molecular complexity index is 1290. The summed E-state index contributed by atoms with van der Waals surface area (Å²) in [6, 6.07) is 6.37. The van der Waals surface area contributed by atoms with E-state index in [4.69, 9.17) is 14.2 Å². The van der Waals surface area contributed by atoms with Crippen molar-refractivity contribution in [2.45, 2.75) is 57.6 Å². The molecule has 1 aromatic heterocycles. The van der Waals surface area contributed by atoms with Crippen LogP contribution in [0.1, 0.15) is 50.5 Å². The van der Waals surface area contributed by atoms with Crippen molar-refractivity contribution in [3.63, 3.8) is 0 Å². The second kappa shape index (κ2) is 12.8. The lowest BCUT2D eigenvalue weighted by Crippen LogP contribution is -2.23. The predicted octanol–water partition coefficient (Wildman–Crippen LogP) is 5.42. The number of allylic oxidation sites excluding steroid dienone is 2. The molecule has 1 aromatic carbocycles. The van der Waals surface area contributed by atoms with E-state index in [1.807, 2.05) is 6.08 Å². The second-order valence-electron chi connectivity index (χ2n) is 10.8. The Kier molecular flexibility index (Phi) is 9.22. The highest BCUT2D eigenvalue weighted by molar-refractivity contribution is 7.93. The maximum atomic E-state index is 15.4. The average Bonchev–Trinajstić information content (AvgIpc) is 3.63. The fraction of sp³-hybridized carbons (Fsp3) is 0.533. The third kappa shape index (κ3) is 6.82. The molecule has 2 aromatic rings. The molecule has 212 valence electrons. The van der Waals surface area contributed by atoms with Crippen LogP contribution in [-0.2, 0) is 26.0 Å². The predicted molar refractivity (Wildman–Crippen MR) is 149 cm³/mol. The molecule has 1 unspecified atom stereocenters. The average molecular weight is 559 g/mol. The summed E-state index contributed by atoms with van der Waals surface area (Å²) in [4.78, 5) is 0.256. The molecule has 7 nitrogen and oxygen atoms in total. The molecule has 0 amide bonds. The fourth-order valence-corrected chi connectivity index (χ4v) is 7.17. The van der Waals surface area contributed by atoms with Gasteiger partial charge in [0, 0.05) is 44.0 Å². The lowest BCUT2D eigenvalue weighted by Gasteiger charge is -2.22. The lowest BCUT2D eigenvalue weighted by atomic mass is 10.0. The number of halogens is 1. The van der Waals surface area contributed by atoms with E-state index in [2.05, 4.69) is 5.32 Å². The summed E-state index contributed by atoms with van der Waals surface area (Å²) in [6.07, 6.45) is 13.5. The van der Waals surface area contributed by atoms with Gasteiger partial charge in [-0.3, -0.25) is 0 Å². The number of hydrogen-bond acceptors (Lipinski definition) is 6. The van der Waals surface area contributed by atoms with E-state index in [0.29, 0.717) is 37.3 Å². The summed E-state index contributed by atoms with van der Waals surface area (Å²) < 4.78 is 61.8. The van der Waals surface area contributed by atoms with Crippen LogP contribution in [0.5, 0.6) is 5.75 Å². The van der Waals surface area contributed by atoms with E-state index in [1.165, 1.54) is 35.7 Å². The van der Waals surface area contributed by atoms with Gasteiger partial charge in [-0.1, -0.05) is 25.0 Å². The molecule has 1 saturated carbocycles. The van der Waals surface area contributed by atoms with Gasteiger partial charge < -0.3 is 19.5 Å². The molecule has 0 bridgehead atoms. The molecule has 1 atom stereocenters. The number of benzene rings is 1. The highest BCUT2D eigenvalue weighted by Gasteiger charge is 2.29. The van der Waals surface area contributed by atoms with Crippen LogP contribution in [0.25, 0.3) is 11.3 Å². The second-order valence-corrected chi connectivity index (χ2v) is 12.7. The number of ether oxygens (including phenoxy) is 3. The molecule has 1 aliphatic heterocycles. The molecule has 3 aliphatic rings. The van der Waals surface area contributed by atoms with Crippen LogP contribution in [0.15, 0.2) is 53.6 Å². The molecule has 2 aliphatic carbocycles. The Morgan fingerprint density at radius 1 is 1.08 bits per heavy atom. The Hall–Kier alpha value is -2.46. The first-order valence-electron chi connectivity index (χ1n) is 14.0. The van der Waals surface area contributed by atoms with Crippen molar-refractivity contribution in [2.75, 3.05) is 33.5 Å². The van der Waals surface area contributed by atoms with Crippen LogP contribution in [0.4, 0.5) is 4.39 Å². The smallest absolute Gasteiger partial charge is 0.264 e. The minimum absolute atomic E-state index is 0.209. The molecule has 2 fully saturated rings. The van der Waals surface area contributed by atoms with E-state index >= 15 is 4.39 Å². The van der Waals surface area contributed by atoms with Gasteiger partial charge >= 0.3 is 0 Å². The van der Waals surface area contributed by atoms with E-state index < -0.39 is 15.8 Å². The molecule has 9 heteroatoms. The molecular weight excluding hydrogens is 519 g/mol. The van der Waals surface area contributed by atoms with Crippen LogP contribution in [0.3, 0.4) is 0 Å². The topological polar surface area (TPSA) is 78.8 Å². The third-order valence-corrected chi connectivity index (χ3v) is 9.67. The van der Waals surface area contributed by atoms with Gasteiger partial charge in [-0.15, -0.1) is 0 Å². The molecule has 2 heterocycles. The minimum atomic E-state index is -3.95. The molecule has 0 spiro atoms. The summed E-state index contributed by atoms with van der Waals surface area (Å²) in [5.41, 5.74) is 1.24. The number of hydrogen-bond donors (Lipinski definition) is 1. The van der Waals surface area contributed by atoms with Crippen LogP contribution in [0.2, 0.25) is 0 Å².